The van der Waals surface area contributed by atoms with Crippen molar-refractivity contribution < 1.29 is 9.53 Å². The van der Waals surface area contributed by atoms with Crippen LogP contribution in [0.15, 0.2) is 53.3 Å². The predicted molar refractivity (Wildman–Crippen MR) is 122 cm³/mol. The molecule has 4 aromatic rings. The van der Waals surface area contributed by atoms with Gasteiger partial charge in [0, 0.05) is 19.0 Å². The van der Waals surface area contributed by atoms with Gasteiger partial charge >= 0.3 is 0 Å². The van der Waals surface area contributed by atoms with Crippen molar-refractivity contribution in [2.75, 3.05) is 18.1 Å². The van der Waals surface area contributed by atoms with Crippen molar-refractivity contribution in [2.45, 2.75) is 25.4 Å². The van der Waals surface area contributed by atoms with Crippen molar-refractivity contribution >= 4 is 43.4 Å². The number of thiazole rings is 1. The molecule has 0 N–H and O–H groups in total. The number of amides is 1. The summed E-state index contributed by atoms with van der Waals surface area (Å²) < 4.78 is 8.14. The Labute approximate surface area is 182 Å². The lowest BCUT2D eigenvalue weighted by molar-refractivity contribution is -0.118. The number of nitrogens with zero attached hydrogens (tertiary/aromatic N) is 4. The average Bonchev–Trinajstić information content (AvgIpc) is 3.45. The highest BCUT2D eigenvalue weighted by Gasteiger charge is 2.27. The fourth-order valence-corrected chi connectivity index (χ4v) is 4.99. The van der Waals surface area contributed by atoms with E-state index in [-0.39, 0.29) is 24.0 Å². The fourth-order valence-electron chi connectivity index (χ4n) is 4.00. The molecule has 5 rings (SSSR count). The number of anilines is 1. The topological polar surface area (TPSA) is 77.3 Å². The molecular weight excluding hydrogens is 412 g/mol. The monoisotopic (exact) mass is 434 g/mol. The molecular formula is C23H22N4O3S. The third-order valence-electron chi connectivity index (χ3n) is 5.58. The van der Waals surface area contributed by atoms with Gasteiger partial charge in [-0.15, -0.1) is 0 Å². The molecule has 0 unspecified atom stereocenters. The highest BCUT2D eigenvalue weighted by atomic mass is 32.1. The molecule has 0 aliphatic carbocycles. The Hall–Kier alpha value is -3.10. The van der Waals surface area contributed by atoms with E-state index in [2.05, 4.69) is 5.10 Å². The van der Waals surface area contributed by atoms with Crippen molar-refractivity contribution in [1.82, 2.24) is 14.8 Å². The Morgan fingerprint density at radius 2 is 1.97 bits per heavy atom. The SMILES string of the molecule is Cn1nc(CC(=O)N(C[C@@H]2CCCO2)c2nc3ccccc3s2)c2ccccc2c1=O. The van der Waals surface area contributed by atoms with Crippen LogP contribution in [0.5, 0.6) is 0 Å². The number of carbonyl (C=O) groups is 1. The summed E-state index contributed by atoms with van der Waals surface area (Å²) in [6.07, 6.45) is 2.01. The zero-order valence-corrected chi connectivity index (χ0v) is 18.0. The largest absolute Gasteiger partial charge is 0.376 e. The number of fused-ring (bicyclic) bond motifs is 2. The van der Waals surface area contributed by atoms with E-state index < -0.39 is 0 Å². The molecule has 0 radical (unpaired) electrons. The minimum atomic E-state index is -0.172. The number of rotatable bonds is 5. The number of hydrogen-bond donors (Lipinski definition) is 0. The average molecular weight is 435 g/mol. The Morgan fingerprint density at radius 1 is 1.19 bits per heavy atom. The standard InChI is InChI=1S/C23H22N4O3S/c1-26-22(29)17-9-3-2-8-16(17)19(25-26)13-21(28)27(14-15-7-6-12-30-15)23-24-18-10-4-5-11-20(18)31-23/h2-5,8-11,15H,6-7,12-14H2,1H3/t15-/m0/s1. The van der Waals surface area contributed by atoms with Crippen LogP contribution in [-0.4, -0.2) is 39.9 Å². The van der Waals surface area contributed by atoms with Gasteiger partial charge in [-0.2, -0.15) is 5.10 Å². The predicted octanol–water partition coefficient (Wildman–Crippen LogP) is 3.30. The highest BCUT2D eigenvalue weighted by molar-refractivity contribution is 7.22. The Morgan fingerprint density at radius 3 is 2.74 bits per heavy atom. The molecule has 1 aliphatic heterocycles. The zero-order valence-electron chi connectivity index (χ0n) is 17.2. The van der Waals surface area contributed by atoms with Crippen LogP contribution in [0.1, 0.15) is 18.5 Å². The third kappa shape index (κ3) is 3.84. The molecule has 1 saturated heterocycles. The van der Waals surface area contributed by atoms with E-state index in [1.165, 1.54) is 16.0 Å². The van der Waals surface area contributed by atoms with Crippen LogP contribution in [0, 0.1) is 0 Å². The number of benzene rings is 2. The highest BCUT2D eigenvalue weighted by Crippen LogP contribution is 2.30. The number of carbonyl (C=O) groups excluding carboxylic acids is 1. The van der Waals surface area contributed by atoms with Crippen LogP contribution in [-0.2, 0) is 23.0 Å². The lowest BCUT2D eigenvalue weighted by Crippen LogP contribution is -2.39. The van der Waals surface area contributed by atoms with Gasteiger partial charge in [-0.1, -0.05) is 41.7 Å². The Balaban J connectivity index is 1.52. The summed E-state index contributed by atoms with van der Waals surface area (Å²) in [5.41, 5.74) is 1.29. The van der Waals surface area contributed by atoms with Crippen molar-refractivity contribution in [2.24, 2.45) is 7.05 Å². The summed E-state index contributed by atoms with van der Waals surface area (Å²) in [6.45, 7) is 1.18. The molecule has 7 nitrogen and oxygen atoms in total. The lowest BCUT2D eigenvalue weighted by atomic mass is 10.1. The van der Waals surface area contributed by atoms with Crippen LogP contribution >= 0.6 is 11.3 Å². The second kappa shape index (κ2) is 8.20. The van der Waals surface area contributed by atoms with Crippen LogP contribution < -0.4 is 10.5 Å². The normalized spacial score (nSPS) is 16.2. The minimum absolute atomic E-state index is 0.000736. The van der Waals surface area contributed by atoms with E-state index in [0.717, 1.165) is 29.7 Å². The Kier molecular flexibility index (Phi) is 5.25. The van der Waals surface area contributed by atoms with Gasteiger partial charge in [0.05, 0.1) is 40.4 Å². The van der Waals surface area contributed by atoms with E-state index in [9.17, 15) is 9.59 Å². The molecule has 0 spiro atoms. The van der Waals surface area contributed by atoms with Gasteiger partial charge in [-0.05, 0) is 31.0 Å². The molecule has 31 heavy (non-hydrogen) atoms. The molecule has 3 heterocycles. The van der Waals surface area contributed by atoms with E-state index in [1.807, 2.05) is 42.5 Å². The molecule has 8 heteroatoms. The number of ether oxygens (including phenoxy) is 1. The van der Waals surface area contributed by atoms with E-state index in [1.54, 1.807) is 18.0 Å². The van der Waals surface area contributed by atoms with Gasteiger partial charge in [0.25, 0.3) is 5.56 Å². The third-order valence-corrected chi connectivity index (χ3v) is 6.64. The van der Waals surface area contributed by atoms with Gasteiger partial charge in [0.2, 0.25) is 5.91 Å². The van der Waals surface area contributed by atoms with Crippen molar-refractivity contribution in [1.29, 1.82) is 0 Å². The number of aryl methyl sites for hydroxylation is 1. The molecule has 1 aliphatic rings. The zero-order chi connectivity index (χ0) is 21.4. The van der Waals surface area contributed by atoms with E-state index in [0.29, 0.717) is 28.1 Å². The maximum atomic E-state index is 13.5. The summed E-state index contributed by atoms with van der Waals surface area (Å²) in [6, 6.07) is 15.2. The number of aromatic nitrogens is 3. The van der Waals surface area contributed by atoms with Gasteiger partial charge in [-0.25, -0.2) is 9.67 Å². The quantitative estimate of drug-likeness (QED) is 0.482. The molecule has 158 valence electrons. The molecule has 1 atom stereocenters. The molecule has 1 fully saturated rings. The van der Waals surface area contributed by atoms with Crippen molar-refractivity contribution in [3.8, 4) is 0 Å². The van der Waals surface area contributed by atoms with Crippen LogP contribution in [0.4, 0.5) is 5.13 Å². The summed E-state index contributed by atoms with van der Waals surface area (Å²) in [5, 5.41) is 6.33. The van der Waals surface area contributed by atoms with Crippen LogP contribution in [0.3, 0.4) is 0 Å². The van der Waals surface area contributed by atoms with Crippen molar-refractivity contribution in [3.05, 3.63) is 64.6 Å². The number of hydrogen-bond acceptors (Lipinski definition) is 6. The van der Waals surface area contributed by atoms with Crippen LogP contribution in [0.2, 0.25) is 0 Å². The maximum Gasteiger partial charge on any atom is 0.274 e. The summed E-state index contributed by atoms with van der Waals surface area (Å²) >= 11 is 1.50. The fraction of sp³-hybridized carbons (Fsp3) is 0.304. The first-order valence-corrected chi connectivity index (χ1v) is 11.1. The molecule has 1 amide bonds. The molecule has 0 saturated carbocycles. The molecule has 0 bridgehead atoms. The first-order chi connectivity index (χ1) is 15.1. The van der Waals surface area contributed by atoms with Gasteiger partial charge in [-0.3, -0.25) is 14.5 Å². The number of para-hydroxylation sites is 1. The van der Waals surface area contributed by atoms with Gasteiger partial charge < -0.3 is 4.74 Å². The lowest BCUT2D eigenvalue weighted by Gasteiger charge is -2.23. The molecule has 2 aromatic carbocycles. The summed E-state index contributed by atoms with van der Waals surface area (Å²) in [5.74, 6) is -0.106. The second-order valence-corrected chi connectivity index (χ2v) is 8.71. The van der Waals surface area contributed by atoms with Crippen molar-refractivity contribution in [3.63, 3.8) is 0 Å². The first kappa shape index (κ1) is 19.8. The van der Waals surface area contributed by atoms with Crippen LogP contribution in [0.25, 0.3) is 21.0 Å². The molecule has 2 aromatic heterocycles. The maximum absolute atomic E-state index is 13.5. The van der Waals surface area contributed by atoms with Gasteiger partial charge in [0.15, 0.2) is 5.13 Å². The summed E-state index contributed by atoms with van der Waals surface area (Å²) in [7, 11) is 1.61. The Bertz CT molecular complexity index is 1290. The minimum Gasteiger partial charge on any atom is -0.376 e. The van der Waals surface area contributed by atoms with E-state index in [4.69, 9.17) is 9.72 Å². The van der Waals surface area contributed by atoms with Gasteiger partial charge in [0.1, 0.15) is 0 Å². The summed E-state index contributed by atoms with van der Waals surface area (Å²) in [4.78, 5) is 32.4. The first-order valence-electron chi connectivity index (χ1n) is 10.3. The van der Waals surface area contributed by atoms with E-state index >= 15 is 0 Å². The second-order valence-electron chi connectivity index (χ2n) is 7.70. The smallest absolute Gasteiger partial charge is 0.274 e.